The molecule has 2 nitrogen and oxygen atoms in total. The zero-order chi connectivity index (χ0) is 10.5. The van der Waals surface area contributed by atoms with Crippen molar-refractivity contribution in [1.82, 2.24) is 5.32 Å². The largest absolute Gasteiger partial charge is 0.369 e. The van der Waals surface area contributed by atoms with Crippen molar-refractivity contribution >= 4 is 17.4 Å². The molecule has 0 saturated carbocycles. The predicted molar refractivity (Wildman–Crippen MR) is 67.9 cm³/mol. The summed E-state index contributed by atoms with van der Waals surface area (Å²) >= 11 is 1.97. The highest BCUT2D eigenvalue weighted by molar-refractivity contribution is 7.99. The first kappa shape index (κ1) is 10.8. The maximum Gasteiger partial charge on any atom is 0.0505 e. The van der Waals surface area contributed by atoms with Crippen LogP contribution >= 0.6 is 11.8 Å². The van der Waals surface area contributed by atoms with E-state index in [9.17, 15) is 0 Å². The lowest BCUT2D eigenvalue weighted by Crippen LogP contribution is -2.35. The van der Waals surface area contributed by atoms with Crippen LogP contribution in [0.5, 0.6) is 0 Å². The summed E-state index contributed by atoms with van der Waals surface area (Å²) in [5.74, 6) is 1.21. The molecule has 1 heterocycles. The molecule has 1 N–H and O–H groups in total. The van der Waals surface area contributed by atoms with E-state index in [1.807, 2.05) is 11.8 Å². The van der Waals surface area contributed by atoms with E-state index in [1.165, 1.54) is 22.9 Å². The first-order chi connectivity index (χ1) is 7.42. The van der Waals surface area contributed by atoms with E-state index < -0.39 is 0 Å². The smallest absolute Gasteiger partial charge is 0.0505 e. The van der Waals surface area contributed by atoms with Gasteiger partial charge in [0.2, 0.25) is 0 Å². The van der Waals surface area contributed by atoms with Crippen molar-refractivity contribution < 1.29 is 0 Å². The second-order valence-corrected chi connectivity index (χ2v) is 4.79. The van der Waals surface area contributed by atoms with Gasteiger partial charge in [-0.1, -0.05) is 19.1 Å². The van der Waals surface area contributed by atoms with E-state index in [4.69, 9.17) is 0 Å². The van der Waals surface area contributed by atoms with Crippen LogP contribution < -0.4 is 10.2 Å². The van der Waals surface area contributed by atoms with Gasteiger partial charge in [0.15, 0.2) is 0 Å². The number of benzene rings is 1. The molecule has 1 aromatic carbocycles. The van der Waals surface area contributed by atoms with Gasteiger partial charge in [-0.3, -0.25) is 0 Å². The minimum absolute atomic E-state index is 1.06. The number of anilines is 1. The number of hydrogen-bond acceptors (Lipinski definition) is 3. The molecule has 15 heavy (non-hydrogen) atoms. The number of thioether (sulfide) groups is 1. The van der Waals surface area contributed by atoms with Crippen LogP contribution in [0.2, 0.25) is 0 Å². The maximum absolute atomic E-state index is 3.38. The summed E-state index contributed by atoms with van der Waals surface area (Å²) in [7, 11) is 0. The second kappa shape index (κ2) is 5.42. The summed E-state index contributed by atoms with van der Waals surface area (Å²) in [6, 6.07) is 8.71. The molecule has 0 amide bonds. The average Bonchev–Trinajstić information content (AvgIpc) is 2.30. The number of likely N-dealkylation sites (N-methyl/N-ethyl adjacent to an activating group) is 1. The molecule has 0 atom stereocenters. The Balaban J connectivity index is 2.02. The molecule has 0 spiro atoms. The summed E-state index contributed by atoms with van der Waals surface area (Å²) in [6.07, 6.45) is 0. The Labute approximate surface area is 96.0 Å². The number of para-hydroxylation sites is 1. The van der Waals surface area contributed by atoms with E-state index in [-0.39, 0.29) is 0 Å². The third kappa shape index (κ3) is 2.67. The number of nitrogens with one attached hydrogen (secondary N) is 1. The van der Waals surface area contributed by atoms with Gasteiger partial charge in [0.05, 0.1) is 5.69 Å². The molecule has 0 aromatic heterocycles. The third-order valence-electron chi connectivity index (χ3n) is 2.63. The lowest BCUT2D eigenvalue weighted by atomic mass is 10.2. The monoisotopic (exact) mass is 222 g/mol. The molecular formula is C12H18N2S. The second-order valence-electron chi connectivity index (χ2n) is 3.66. The molecule has 0 fully saturated rings. The highest BCUT2D eigenvalue weighted by atomic mass is 32.2. The van der Waals surface area contributed by atoms with Crippen LogP contribution in [-0.2, 0) is 0 Å². The molecule has 0 aliphatic carbocycles. The van der Waals surface area contributed by atoms with Gasteiger partial charge >= 0.3 is 0 Å². The molecular weight excluding hydrogens is 204 g/mol. The van der Waals surface area contributed by atoms with Crippen LogP contribution in [-0.4, -0.2) is 31.9 Å². The van der Waals surface area contributed by atoms with Gasteiger partial charge < -0.3 is 10.2 Å². The zero-order valence-corrected chi connectivity index (χ0v) is 10.0. The maximum atomic E-state index is 3.38. The van der Waals surface area contributed by atoms with Crippen LogP contribution in [0.3, 0.4) is 0 Å². The van der Waals surface area contributed by atoms with E-state index >= 15 is 0 Å². The minimum atomic E-state index is 1.06. The van der Waals surface area contributed by atoms with E-state index in [2.05, 4.69) is 41.4 Å². The number of fused-ring (bicyclic) bond motifs is 1. The summed E-state index contributed by atoms with van der Waals surface area (Å²) in [4.78, 5) is 3.91. The van der Waals surface area contributed by atoms with Crippen molar-refractivity contribution in [3.63, 3.8) is 0 Å². The first-order valence-electron chi connectivity index (χ1n) is 5.59. The Bertz CT molecular complexity index is 314. The molecule has 3 heteroatoms. The molecule has 1 aliphatic rings. The van der Waals surface area contributed by atoms with Crippen molar-refractivity contribution in [3.05, 3.63) is 24.3 Å². The number of hydrogen-bond donors (Lipinski definition) is 1. The molecule has 0 saturated heterocycles. The van der Waals surface area contributed by atoms with Gasteiger partial charge in [0.25, 0.3) is 0 Å². The Hall–Kier alpha value is -0.670. The van der Waals surface area contributed by atoms with Crippen LogP contribution in [0.4, 0.5) is 5.69 Å². The SMILES string of the molecule is CCNCCN1CCSc2ccccc21. The zero-order valence-electron chi connectivity index (χ0n) is 9.20. The summed E-state index contributed by atoms with van der Waals surface area (Å²) in [6.45, 7) is 6.58. The fourth-order valence-electron chi connectivity index (χ4n) is 1.85. The van der Waals surface area contributed by atoms with Crippen molar-refractivity contribution in [2.75, 3.05) is 36.8 Å². The van der Waals surface area contributed by atoms with Crippen LogP contribution in [0.1, 0.15) is 6.92 Å². The summed E-state index contributed by atoms with van der Waals surface area (Å²) in [5.41, 5.74) is 1.41. The van der Waals surface area contributed by atoms with Crippen molar-refractivity contribution in [2.24, 2.45) is 0 Å². The average molecular weight is 222 g/mol. The van der Waals surface area contributed by atoms with Gasteiger partial charge in [-0.25, -0.2) is 0 Å². The van der Waals surface area contributed by atoms with Gasteiger partial charge in [0, 0.05) is 30.3 Å². The lowest BCUT2D eigenvalue weighted by Gasteiger charge is -2.30. The van der Waals surface area contributed by atoms with Crippen LogP contribution in [0, 0.1) is 0 Å². The fraction of sp³-hybridized carbons (Fsp3) is 0.500. The summed E-state index contributed by atoms with van der Waals surface area (Å²) < 4.78 is 0. The minimum Gasteiger partial charge on any atom is -0.369 e. The summed E-state index contributed by atoms with van der Waals surface area (Å²) in [5, 5.41) is 3.38. The topological polar surface area (TPSA) is 15.3 Å². The van der Waals surface area contributed by atoms with Crippen molar-refractivity contribution in [3.8, 4) is 0 Å². The number of nitrogens with zero attached hydrogens (tertiary/aromatic N) is 1. The van der Waals surface area contributed by atoms with Crippen molar-refractivity contribution in [1.29, 1.82) is 0 Å². The molecule has 0 bridgehead atoms. The highest BCUT2D eigenvalue weighted by Gasteiger charge is 2.15. The molecule has 82 valence electrons. The molecule has 0 unspecified atom stereocenters. The quantitative estimate of drug-likeness (QED) is 0.786. The molecule has 1 aliphatic heterocycles. The van der Waals surface area contributed by atoms with Crippen LogP contribution in [0.15, 0.2) is 29.2 Å². The van der Waals surface area contributed by atoms with Crippen molar-refractivity contribution in [2.45, 2.75) is 11.8 Å². The molecule has 2 rings (SSSR count). The first-order valence-corrected chi connectivity index (χ1v) is 6.58. The van der Waals surface area contributed by atoms with Gasteiger partial charge in [-0.15, -0.1) is 11.8 Å². The van der Waals surface area contributed by atoms with Gasteiger partial charge in [-0.05, 0) is 18.7 Å². The van der Waals surface area contributed by atoms with Crippen LogP contribution in [0.25, 0.3) is 0 Å². The van der Waals surface area contributed by atoms with E-state index in [1.54, 1.807) is 0 Å². The Morgan fingerprint density at radius 2 is 2.27 bits per heavy atom. The van der Waals surface area contributed by atoms with Gasteiger partial charge in [-0.2, -0.15) is 0 Å². The molecule has 1 aromatic rings. The molecule has 0 radical (unpaired) electrons. The Kier molecular flexibility index (Phi) is 3.92. The van der Waals surface area contributed by atoms with E-state index in [0.29, 0.717) is 0 Å². The Morgan fingerprint density at radius 3 is 3.13 bits per heavy atom. The highest BCUT2D eigenvalue weighted by Crippen LogP contribution is 2.33. The fourth-order valence-corrected chi connectivity index (χ4v) is 2.90. The van der Waals surface area contributed by atoms with Gasteiger partial charge in [0.1, 0.15) is 0 Å². The Morgan fingerprint density at radius 1 is 1.40 bits per heavy atom. The standard InChI is InChI=1S/C12H18N2S/c1-2-13-7-8-14-9-10-15-12-6-4-3-5-11(12)14/h3-6,13H,2,7-10H2,1H3. The third-order valence-corrected chi connectivity index (χ3v) is 3.68. The van der Waals surface area contributed by atoms with E-state index in [0.717, 1.165) is 19.6 Å². The predicted octanol–water partition coefficient (Wildman–Crippen LogP) is 2.21. The normalized spacial score (nSPS) is 15.1. The number of rotatable bonds is 4. The lowest BCUT2D eigenvalue weighted by molar-refractivity contribution is 0.685.